The molecule has 0 saturated heterocycles. The molecule has 0 aliphatic heterocycles. The van der Waals surface area contributed by atoms with Gasteiger partial charge in [0, 0.05) is 18.7 Å². The van der Waals surface area contributed by atoms with Crippen LogP contribution in [0.5, 0.6) is 0 Å². The van der Waals surface area contributed by atoms with E-state index in [0.717, 1.165) is 11.1 Å². The maximum atomic E-state index is 11.2. The van der Waals surface area contributed by atoms with Crippen LogP contribution in [0.15, 0.2) is 18.2 Å². The van der Waals surface area contributed by atoms with Gasteiger partial charge in [-0.15, -0.1) is 0 Å². The van der Waals surface area contributed by atoms with Crippen molar-refractivity contribution in [1.82, 2.24) is 0 Å². The molecule has 4 heteroatoms. The second-order valence-electron chi connectivity index (χ2n) is 3.54. The third-order valence-corrected chi connectivity index (χ3v) is 2.35. The Morgan fingerprint density at radius 1 is 1.44 bits per heavy atom. The topological polar surface area (TPSA) is 78.3 Å². The average molecular weight is 222 g/mol. The molecule has 16 heavy (non-hydrogen) atoms. The molecule has 0 aliphatic carbocycles. The first-order valence-electron chi connectivity index (χ1n) is 5.40. The van der Waals surface area contributed by atoms with Crippen molar-refractivity contribution < 1.29 is 9.53 Å². The van der Waals surface area contributed by atoms with Gasteiger partial charge in [0.1, 0.15) is 0 Å². The van der Waals surface area contributed by atoms with Crippen LogP contribution in [0.2, 0.25) is 0 Å². The molecule has 88 valence electrons. The molecule has 1 aromatic carbocycles. The number of carbonyl (C=O) groups excluding carboxylic acids is 1. The number of benzene rings is 1. The number of anilines is 1. The molecule has 0 heterocycles. The van der Waals surface area contributed by atoms with Crippen molar-refractivity contribution in [2.75, 3.05) is 12.3 Å². The minimum absolute atomic E-state index is 0.173. The Labute approximate surface area is 95.6 Å². The van der Waals surface area contributed by atoms with Crippen LogP contribution >= 0.6 is 0 Å². The molecular formula is C12H18N2O2. The van der Waals surface area contributed by atoms with Gasteiger partial charge in [0.2, 0.25) is 0 Å². The summed E-state index contributed by atoms with van der Waals surface area (Å²) in [5, 5.41) is 0. The summed E-state index contributed by atoms with van der Waals surface area (Å²) in [4.78, 5) is 11.2. The smallest absolute Gasteiger partial charge is 0.306 e. The Morgan fingerprint density at radius 2 is 2.19 bits per heavy atom. The third kappa shape index (κ3) is 3.55. The van der Waals surface area contributed by atoms with E-state index in [2.05, 4.69) is 0 Å². The Balaban J connectivity index is 2.57. The lowest BCUT2D eigenvalue weighted by Gasteiger charge is -2.06. The normalized spacial score (nSPS) is 10.1. The zero-order chi connectivity index (χ0) is 12.0. The summed E-state index contributed by atoms with van der Waals surface area (Å²) in [5.74, 6) is -0.173. The second kappa shape index (κ2) is 6.12. The maximum Gasteiger partial charge on any atom is 0.306 e. The molecule has 1 rings (SSSR count). The Morgan fingerprint density at radius 3 is 2.81 bits per heavy atom. The van der Waals surface area contributed by atoms with Gasteiger partial charge in [0.25, 0.3) is 0 Å². The van der Waals surface area contributed by atoms with Gasteiger partial charge in [-0.2, -0.15) is 0 Å². The number of nitrogen functional groups attached to an aromatic ring is 1. The molecule has 0 saturated carbocycles. The van der Waals surface area contributed by atoms with Gasteiger partial charge >= 0.3 is 5.97 Å². The molecule has 0 aliphatic rings. The highest BCUT2D eigenvalue weighted by Gasteiger charge is 2.04. The monoisotopic (exact) mass is 222 g/mol. The van der Waals surface area contributed by atoms with Crippen LogP contribution in [-0.2, 0) is 22.5 Å². The molecule has 0 aromatic heterocycles. The average Bonchev–Trinajstić information content (AvgIpc) is 2.28. The molecule has 0 atom stereocenters. The molecule has 4 nitrogen and oxygen atoms in total. The van der Waals surface area contributed by atoms with Gasteiger partial charge in [-0.05, 0) is 30.5 Å². The number of hydrogen-bond acceptors (Lipinski definition) is 4. The fourth-order valence-corrected chi connectivity index (χ4v) is 1.47. The van der Waals surface area contributed by atoms with E-state index in [9.17, 15) is 4.79 Å². The van der Waals surface area contributed by atoms with E-state index in [0.29, 0.717) is 31.7 Å². The van der Waals surface area contributed by atoms with Crippen LogP contribution < -0.4 is 11.5 Å². The van der Waals surface area contributed by atoms with E-state index in [-0.39, 0.29) is 5.97 Å². The molecule has 0 bridgehead atoms. The van der Waals surface area contributed by atoms with E-state index in [1.54, 1.807) is 6.92 Å². The Kier molecular flexibility index (Phi) is 4.79. The largest absolute Gasteiger partial charge is 0.466 e. The predicted octanol–water partition coefficient (Wildman–Crippen LogP) is 1.22. The lowest BCUT2D eigenvalue weighted by atomic mass is 10.0. The molecule has 0 radical (unpaired) electrons. The number of aryl methyl sites for hydroxylation is 1. The number of rotatable bonds is 5. The summed E-state index contributed by atoms with van der Waals surface area (Å²) in [6, 6.07) is 5.67. The first kappa shape index (κ1) is 12.5. The number of esters is 1. The zero-order valence-electron chi connectivity index (χ0n) is 9.53. The van der Waals surface area contributed by atoms with E-state index >= 15 is 0 Å². The first-order valence-corrected chi connectivity index (χ1v) is 5.40. The summed E-state index contributed by atoms with van der Waals surface area (Å²) in [6.45, 7) is 2.64. The molecule has 4 N–H and O–H groups in total. The van der Waals surface area contributed by atoms with Crippen molar-refractivity contribution in [1.29, 1.82) is 0 Å². The summed E-state index contributed by atoms with van der Waals surface area (Å²) < 4.78 is 4.86. The van der Waals surface area contributed by atoms with Crippen molar-refractivity contribution in [3.05, 3.63) is 29.3 Å². The van der Waals surface area contributed by atoms with Crippen LogP contribution in [0.4, 0.5) is 5.69 Å². The van der Waals surface area contributed by atoms with Crippen molar-refractivity contribution in [2.24, 2.45) is 5.73 Å². The Hall–Kier alpha value is -1.55. The highest BCUT2D eigenvalue weighted by Crippen LogP contribution is 2.14. The van der Waals surface area contributed by atoms with Gasteiger partial charge in [0.15, 0.2) is 0 Å². The van der Waals surface area contributed by atoms with E-state index in [1.165, 1.54) is 0 Å². The van der Waals surface area contributed by atoms with Gasteiger partial charge in [-0.3, -0.25) is 4.79 Å². The second-order valence-corrected chi connectivity index (χ2v) is 3.54. The lowest BCUT2D eigenvalue weighted by Crippen LogP contribution is -2.06. The number of nitrogens with two attached hydrogens (primary N) is 2. The molecular weight excluding hydrogens is 204 g/mol. The SMILES string of the molecule is CCOC(=O)CCc1ccc(N)c(CN)c1. The summed E-state index contributed by atoms with van der Waals surface area (Å²) in [6.07, 6.45) is 1.05. The maximum absolute atomic E-state index is 11.2. The van der Waals surface area contributed by atoms with Crippen molar-refractivity contribution in [3.63, 3.8) is 0 Å². The van der Waals surface area contributed by atoms with E-state index < -0.39 is 0 Å². The molecule has 0 spiro atoms. The highest BCUT2D eigenvalue weighted by atomic mass is 16.5. The van der Waals surface area contributed by atoms with Gasteiger partial charge < -0.3 is 16.2 Å². The fraction of sp³-hybridized carbons (Fsp3) is 0.417. The standard InChI is InChI=1S/C12H18N2O2/c1-2-16-12(15)6-4-9-3-5-11(14)10(7-9)8-13/h3,5,7H,2,4,6,8,13-14H2,1H3. The van der Waals surface area contributed by atoms with Crippen LogP contribution in [0.25, 0.3) is 0 Å². The number of ether oxygens (including phenoxy) is 1. The minimum atomic E-state index is -0.173. The fourth-order valence-electron chi connectivity index (χ4n) is 1.47. The van der Waals surface area contributed by atoms with E-state index in [4.69, 9.17) is 16.2 Å². The van der Waals surface area contributed by atoms with E-state index in [1.807, 2.05) is 18.2 Å². The van der Waals surface area contributed by atoms with Crippen LogP contribution in [-0.4, -0.2) is 12.6 Å². The summed E-state index contributed by atoms with van der Waals surface area (Å²) in [5.41, 5.74) is 14.0. The molecule has 0 unspecified atom stereocenters. The quantitative estimate of drug-likeness (QED) is 0.580. The molecule has 1 aromatic rings. The Bertz CT molecular complexity index is 364. The van der Waals surface area contributed by atoms with Crippen LogP contribution in [0.1, 0.15) is 24.5 Å². The van der Waals surface area contributed by atoms with Crippen LogP contribution in [0, 0.1) is 0 Å². The van der Waals surface area contributed by atoms with Gasteiger partial charge in [-0.25, -0.2) is 0 Å². The molecule has 0 amide bonds. The predicted molar refractivity (Wildman–Crippen MR) is 63.7 cm³/mol. The van der Waals surface area contributed by atoms with Gasteiger partial charge in [-0.1, -0.05) is 12.1 Å². The van der Waals surface area contributed by atoms with Crippen LogP contribution in [0.3, 0.4) is 0 Å². The molecule has 0 fully saturated rings. The van der Waals surface area contributed by atoms with Crippen molar-refractivity contribution >= 4 is 11.7 Å². The van der Waals surface area contributed by atoms with Crippen molar-refractivity contribution in [2.45, 2.75) is 26.3 Å². The zero-order valence-corrected chi connectivity index (χ0v) is 9.53. The third-order valence-electron chi connectivity index (χ3n) is 2.35. The number of carbonyl (C=O) groups is 1. The first-order chi connectivity index (χ1) is 7.67. The van der Waals surface area contributed by atoms with Crippen molar-refractivity contribution in [3.8, 4) is 0 Å². The minimum Gasteiger partial charge on any atom is -0.466 e. The number of hydrogen-bond donors (Lipinski definition) is 2. The lowest BCUT2D eigenvalue weighted by molar-refractivity contribution is -0.143. The van der Waals surface area contributed by atoms with Gasteiger partial charge in [0.05, 0.1) is 6.61 Å². The summed E-state index contributed by atoms with van der Waals surface area (Å²) >= 11 is 0. The highest BCUT2D eigenvalue weighted by molar-refractivity contribution is 5.69. The summed E-state index contributed by atoms with van der Waals surface area (Å²) in [7, 11) is 0.